The molecule has 18 heavy (non-hydrogen) atoms. The van der Waals surface area contributed by atoms with Gasteiger partial charge < -0.3 is 15.0 Å². The van der Waals surface area contributed by atoms with Gasteiger partial charge in [-0.15, -0.1) is 0 Å². The maximum absolute atomic E-state index is 11.8. The Labute approximate surface area is 111 Å². The van der Waals surface area contributed by atoms with Crippen LogP contribution in [0.2, 0.25) is 0 Å². The van der Waals surface area contributed by atoms with Gasteiger partial charge >= 0.3 is 0 Å². The summed E-state index contributed by atoms with van der Waals surface area (Å²) in [6, 6.07) is 0.397. The van der Waals surface area contributed by atoms with Crippen molar-refractivity contribution in [3.05, 3.63) is 0 Å². The molecule has 1 aliphatic carbocycles. The van der Waals surface area contributed by atoms with E-state index in [1.807, 2.05) is 20.9 Å². The van der Waals surface area contributed by atoms with Gasteiger partial charge in [-0.05, 0) is 26.7 Å². The van der Waals surface area contributed by atoms with Crippen LogP contribution in [-0.4, -0.2) is 49.7 Å². The summed E-state index contributed by atoms with van der Waals surface area (Å²) in [5.41, 5.74) is 0.168. The molecule has 1 fully saturated rings. The summed E-state index contributed by atoms with van der Waals surface area (Å²) in [5.74, 6) is 0.163. The van der Waals surface area contributed by atoms with Crippen molar-refractivity contribution in [2.45, 2.75) is 52.7 Å². The van der Waals surface area contributed by atoms with Crippen LogP contribution < -0.4 is 5.32 Å². The number of carbonyl (C=O) groups is 1. The molecule has 1 aliphatic rings. The summed E-state index contributed by atoms with van der Waals surface area (Å²) >= 11 is 0. The third-order valence-electron chi connectivity index (χ3n) is 4.51. The van der Waals surface area contributed by atoms with Crippen LogP contribution in [0.5, 0.6) is 0 Å². The zero-order valence-corrected chi connectivity index (χ0v) is 12.5. The number of rotatable bonds is 7. The Bertz CT molecular complexity index is 283. The summed E-state index contributed by atoms with van der Waals surface area (Å²) in [7, 11) is 1.84. The van der Waals surface area contributed by atoms with Crippen molar-refractivity contribution >= 4 is 5.91 Å². The van der Waals surface area contributed by atoms with Crippen molar-refractivity contribution in [1.29, 1.82) is 0 Å². The van der Waals surface area contributed by atoms with Crippen molar-refractivity contribution in [1.82, 2.24) is 10.2 Å². The molecular formula is C14H28N2O2. The van der Waals surface area contributed by atoms with E-state index in [4.69, 9.17) is 4.74 Å². The highest BCUT2D eigenvalue weighted by Crippen LogP contribution is 2.45. The number of hydrogen-bond acceptors (Lipinski definition) is 3. The molecule has 106 valence electrons. The van der Waals surface area contributed by atoms with Crippen LogP contribution in [0.1, 0.15) is 40.5 Å². The Kier molecular flexibility index (Phi) is 5.60. The summed E-state index contributed by atoms with van der Waals surface area (Å²) < 4.78 is 5.75. The average molecular weight is 256 g/mol. The van der Waals surface area contributed by atoms with E-state index in [9.17, 15) is 4.79 Å². The Hall–Kier alpha value is -0.610. The van der Waals surface area contributed by atoms with Crippen molar-refractivity contribution < 1.29 is 9.53 Å². The van der Waals surface area contributed by atoms with Crippen LogP contribution in [0, 0.1) is 5.41 Å². The van der Waals surface area contributed by atoms with Crippen LogP contribution >= 0.6 is 0 Å². The lowest BCUT2D eigenvalue weighted by Crippen LogP contribution is -2.63. The van der Waals surface area contributed by atoms with E-state index in [0.717, 1.165) is 26.0 Å². The number of nitrogens with zero attached hydrogens (tertiary/aromatic N) is 1. The molecule has 0 radical (unpaired) electrons. The fourth-order valence-corrected chi connectivity index (χ4v) is 2.59. The molecule has 4 nitrogen and oxygen atoms in total. The first-order valence-electron chi connectivity index (χ1n) is 7.08. The van der Waals surface area contributed by atoms with Gasteiger partial charge in [0.2, 0.25) is 5.91 Å². The van der Waals surface area contributed by atoms with Gasteiger partial charge in [-0.3, -0.25) is 4.79 Å². The quantitative estimate of drug-likeness (QED) is 0.753. The lowest BCUT2D eigenvalue weighted by Gasteiger charge is -2.53. The minimum Gasteiger partial charge on any atom is -0.378 e. The van der Waals surface area contributed by atoms with Gasteiger partial charge in [0.1, 0.15) is 0 Å². The number of ether oxygens (including phenoxy) is 1. The van der Waals surface area contributed by atoms with Gasteiger partial charge in [0.25, 0.3) is 0 Å². The van der Waals surface area contributed by atoms with E-state index in [2.05, 4.69) is 19.2 Å². The van der Waals surface area contributed by atoms with Gasteiger partial charge in [-0.1, -0.05) is 13.8 Å². The predicted molar refractivity (Wildman–Crippen MR) is 73.5 cm³/mol. The number of likely N-dealkylation sites (N-methyl/N-ethyl adjacent to an activating group) is 1. The highest BCUT2D eigenvalue weighted by molar-refractivity contribution is 5.77. The summed E-state index contributed by atoms with van der Waals surface area (Å²) in [6.45, 7) is 10.4. The topological polar surface area (TPSA) is 41.6 Å². The van der Waals surface area contributed by atoms with E-state index < -0.39 is 0 Å². The normalized spacial score (nSPS) is 30.9. The molecule has 0 spiro atoms. The molecule has 0 heterocycles. The molecule has 4 heteroatoms. The highest BCUT2D eigenvalue weighted by atomic mass is 16.5. The molecule has 3 unspecified atom stereocenters. The molecule has 1 amide bonds. The second-order valence-corrected chi connectivity index (χ2v) is 5.38. The third-order valence-corrected chi connectivity index (χ3v) is 4.51. The van der Waals surface area contributed by atoms with Crippen molar-refractivity contribution in [2.24, 2.45) is 5.41 Å². The number of hydrogen-bond donors (Lipinski definition) is 1. The molecule has 0 aromatic rings. The molecule has 0 aromatic carbocycles. The second-order valence-electron chi connectivity index (χ2n) is 5.38. The van der Waals surface area contributed by atoms with Crippen molar-refractivity contribution in [2.75, 3.05) is 26.7 Å². The first kappa shape index (κ1) is 15.4. The molecule has 3 atom stereocenters. The zero-order chi connectivity index (χ0) is 13.8. The maximum Gasteiger partial charge on any atom is 0.236 e. The van der Waals surface area contributed by atoms with Gasteiger partial charge in [-0.2, -0.15) is 0 Å². The van der Waals surface area contributed by atoms with Crippen molar-refractivity contribution in [3.63, 3.8) is 0 Å². The van der Waals surface area contributed by atoms with Crippen molar-refractivity contribution in [3.8, 4) is 0 Å². The molecule has 0 aliphatic heterocycles. The molecule has 1 rings (SSSR count). The third kappa shape index (κ3) is 3.04. The lowest BCUT2D eigenvalue weighted by molar-refractivity contribution is -0.136. The Morgan fingerprint density at radius 2 is 2.11 bits per heavy atom. The summed E-state index contributed by atoms with van der Waals surface area (Å²) in [4.78, 5) is 13.5. The average Bonchev–Trinajstić information content (AvgIpc) is 2.39. The van der Waals surface area contributed by atoms with E-state index in [1.54, 1.807) is 4.90 Å². The fraction of sp³-hybridized carbons (Fsp3) is 0.929. The standard InChI is InChI=1S/C14H28N2O2/c1-6-14(4)11(9-12(14)18-8-3)15-10-13(17)16(5)7-2/h11-12,15H,6-10H2,1-5H3. The number of nitrogens with one attached hydrogen (secondary N) is 1. The first-order valence-corrected chi connectivity index (χ1v) is 7.08. The number of amides is 1. The highest BCUT2D eigenvalue weighted by Gasteiger charge is 2.50. The summed E-state index contributed by atoms with van der Waals surface area (Å²) in [6.07, 6.45) is 2.43. The van der Waals surface area contributed by atoms with Gasteiger partial charge in [-0.25, -0.2) is 0 Å². The van der Waals surface area contributed by atoms with E-state index in [1.165, 1.54) is 0 Å². The Morgan fingerprint density at radius 3 is 2.61 bits per heavy atom. The van der Waals surface area contributed by atoms with Gasteiger partial charge in [0, 0.05) is 31.7 Å². The minimum atomic E-state index is 0.163. The molecule has 0 saturated heterocycles. The van der Waals surface area contributed by atoms with Crippen LogP contribution in [0.4, 0.5) is 0 Å². The number of carbonyl (C=O) groups excluding carboxylic acids is 1. The van der Waals surface area contributed by atoms with Crippen LogP contribution in [0.3, 0.4) is 0 Å². The molecule has 0 bridgehead atoms. The second kappa shape index (κ2) is 6.53. The summed E-state index contributed by atoms with van der Waals surface area (Å²) in [5, 5.41) is 3.39. The monoisotopic (exact) mass is 256 g/mol. The molecular weight excluding hydrogens is 228 g/mol. The minimum absolute atomic E-state index is 0.163. The fourth-order valence-electron chi connectivity index (χ4n) is 2.59. The van der Waals surface area contributed by atoms with E-state index in [0.29, 0.717) is 18.7 Å². The zero-order valence-electron chi connectivity index (χ0n) is 12.5. The lowest BCUT2D eigenvalue weighted by atomic mass is 9.61. The molecule has 0 aromatic heterocycles. The Morgan fingerprint density at radius 1 is 1.44 bits per heavy atom. The SMILES string of the molecule is CCOC1CC(NCC(=O)N(C)CC)C1(C)CC. The smallest absolute Gasteiger partial charge is 0.236 e. The maximum atomic E-state index is 11.8. The largest absolute Gasteiger partial charge is 0.378 e. The van der Waals surface area contributed by atoms with Crippen LogP contribution in [-0.2, 0) is 9.53 Å². The van der Waals surface area contributed by atoms with E-state index in [-0.39, 0.29) is 11.3 Å². The van der Waals surface area contributed by atoms with Crippen LogP contribution in [0.15, 0.2) is 0 Å². The van der Waals surface area contributed by atoms with Crippen LogP contribution in [0.25, 0.3) is 0 Å². The molecule has 1 N–H and O–H groups in total. The van der Waals surface area contributed by atoms with Gasteiger partial charge in [0.15, 0.2) is 0 Å². The Balaban J connectivity index is 2.43. The van der Waals surface area contributed by atoms with Gasteiger partial charge in [0.05, 0.1) is 12.6 Å². The van der Waals surface area contributed by atoms with E-state index >= 15 is 0 Å². The first-order chi connectivity index (χ1) is 8.49. The molecule has 1 saturated carbocycles. The predicted octanol–water partition coefficient (Wildman–Crippen LogP) is 1.65.